The van der Waals surface area contributed by atoms with Crippen LogP contribution in [-0.4, -0.2) is 78.5 Å². The van der Waals surface area contributed by atoms with E-state index in [2.05, 4.69) is 21.3 Å². The average Bonchev–Trinajstić information content (AvgIpc) is 2.88. The molecule has 0 aromatic heterocycles. The second-order valence-electron chi connectivity index (χ2n) is 11.0. The predicted octanol–water partition coefficient (Wildman–Crippen LogP) is 1.26. The summed E-state index contributed by atoms with van der Waals surface area (Å²) >= 11 is 0. The molecule has 1 aromatic carbocycles. The molecule has 2 unspecified atom stereocenters. The van der Waals surface area contributed by atoms with Crippen LogP contribution in [0.3, 0.4) is 0 Å². The fraction of sp³-hybridized carbons (Fsp3) is 0.571. The molecule has 0 fully saturated rings. The number of hydrogen-bond acceptors (Lipinski definition) is 6. The number of carbonyl (C=O) groups excluding carboxylic acids is 6. The van der Waals surface area contributed by atoms with Gasteiger partial charge >= 0.3 is 0 Å². The van der Waals surface area contributed by atoms with E-state index in [9.17, 15) is 28.8 Å². The van der Waals surface area contributed by atoms with Crippen molar-refractivity contribution in [3.63, 3.8) is 0 Å². The molecule has 0 spiro atoms. The zero-order valence-corrected chi connectivity index (χ0v) is 28.0. The molecule has 41 heavy (non-hydrogen) atoms. The summed E-state index contributed by atoms with van der Waals surface area (Å²) in [5.74, 6) is -4.50. The largest absolute Gasteiger partial charge is 0.667 e. The van der Waals surface area contributed by atoms with E-state index in [0.29, 0.717) is 6.42 Å². The number of rotatable bonds is 13. The van der Waals surface area contributed by atoms with Gasteiger partial charge in [0, 0.05) is 46.8 Å². The molecule has 5 amide bonds. The van der Waals surface area contributed by atoms with Crippen molar-refractivity contribution in [3.8, 4) is 0 Å². The Balaban J connectivity index is 0.0000160. The van der Waals surface area contributed by atoms with Gasteiger partial charge < -0.3 is 31.9 Å². The number of nitrogens with zero attached hydrogens (tertiary/aromatic N) is 1. The Hall–Kier alpha value is -2.70. The summed E-state index contributed by atoms with van der Waals surface area (Å²) in [5, 5.41) is 10.1. The van der Waals surface area contributed by atoms with E-state index in [1.165, 1.54) is 32.8 Å². The first-order chi connectivity index (χ1) is 18.5. The molecule has 0 saturated heterocycles. The van der Waals surface area contributed by atoms with E-state index in [1.807, 2.05) is 37.3 Å². The minimum atomic E-state index is -1.40. The Bertz CT molecular complexity index is 1070. The van der Waals surface area contributed by atoms with Crippen LogP contribution in [0.1, 0.15) is 66.0 Å². The number of benzene rings is 1. The van der Waals surface area contributed by atoms with Gasteiger partial charge in [0.1, 0.15) is 12.1 Å². The zero-order valence-electron chi connectivity index (χ0n) is 25.2. The zero-order chi connectivity index (χ0) is 30.8. The van der Waals surface area contributed by atoms with Crippen LogP contribution in [0.5, 0.6) is 0 Å². The van der Waals surface area contributed by atoms with Crippen LogP contribution < -0.4 is 21.3 Å². The number of ketones is 1. The minimum Gasteiger partial charge on any atom is -0.667 e. The minimum absolute atomic E-state index is 0. The second-order valence-corrected chi connectivity index (χ2v) is 11.0. The number of amides is 5. The summed E-state index contributed by atoms with van der Waals surface area (Å²) in [7, 11) is 2.97. The van der Waals surface area contributed by atoms with Gasteiger partial charge in [-0.25, -0.2) is 0 Å². The average molecular weight is 649 g/mol. The van der Waals surface area contributed by atoms with Crippen LogP contribution in [0, 0.1) is 5.41 Å². The van der Waals surface area contributed by atoms with Crippen LogP contribution in [0.2, 0.25) is 0 Å². The summed E-state index contributed by atoms with van der Waals surface area (Å²) in [5.41, 5.74) is 7.64. The molecule has 13 heteroatoms. The van der Waals surface area contributed by atoms with Gasteiger partial charge in [-0.05, 0) is 24.3 Å². The normalized spacial score (nSPS) is 14.6. The molecule has 0 aliphatic heterocycles. The number of Topliss-reactive ketones (excluding diaryl/α,β-unsaturated/α-hetero) is 1. The van der Waals surface area contributed by atoms with Gasteiger partial charge in [-0.1, -0.05) is 71.0 Å². The Labute approximate surface area is 267 Å². The Morgan fingerprint density at radius 3 is 1.88 bits per heavy atom. The van der Waals surface area contributed by atoms with Gasteiger partial charge in [0.25, 0.3) is 5.91 Å². The Morgan fingerprint density at radius 2 is 1.41 bits per heavy atom. The van der Waals surface area contributed by atoms with E-state index in [1.54, 1.807) is 20.8 Å². The molecule has 1 aromatic rings. The summed E-state index contributed by atoms with van der Waals surface area (Å²) < 4.78 is 0. The van der Waals surface area contributed by atoms with Gasteiger partial charge in [0.15, 0.2) is 0 Å². The van der Waals surface area contributed by atoms with Crippen molar-refractivity contribution >= 4 is 35.3 Å². The van der Waals surface area contributed by atoms with Gasteiger partial charge in [-0.15, -0.1) is 0 Å². The summed E-state index contributed by atoms with van der Waals surface area (Å²) in [6, 6.07) is 3.84. The summed E-state index contributed by atoms with van der Waals surface area (Å²) in [6.45, 7) is 9.65. The van der Waals surface area contributed by atoms with Crippen molar-refractivity contribution in [2.24, 2.45) is 5.41 Å². The predicted molar refractivity (Wildman–Crippen MR) is 151 cm³/mol. The Kier molecular flexibility index (Phi) is 16.2. The fourth-order valence-corrected chi connectivity index (χ4v) is 3.68. The molecule has 0 aliphatic rings. The van der Waals surface area contributed by atoms with Crippen molar-refractivity contribution in [1.82, 2.24) is 26.2 Å². The van der Waals surface area contributed by atoms with E-state index in [4.69, 9.17) is 5.73 Å². The molecular weight excluding hydrogens is 605 g/mol. The van der Waals surface area contributed by atoms with Crippen LogP contribution >= 0.6 is 0 Å². The molecule has 5 N–H and O–H groups in total. The number of carbonyl (C=O) groups is 6. The molecule has 1 rings (SSSR count). The maximum absolute atomic E-state index is 13.2. The third kappa shape index (κ3) is 12.4. The van der Waals surface area contributed by atoms with Gasteiger partial charge in [0.05, 0.1) is 18.5 Å². The maximum atomic E-state index is 13.2. The molecule has 0 bridgehead atoms. The van der Waals surface area contributed by atoms with Crippen molar-refractivity contribution < 1.29 is 61.5 Å². The smallest absolute Gasteiger partial charge is 0.290 e. The van der Waals surface area contributed by atoms with Crippen LogP contribution in [0.25, 0.3) is 5.73 Å². The monoisotopic (exact) mass is 648 g/mol. The molecule has 225 valence electrons. The Morgan fingerprint density at radius 1 is 0.854 bits per heavy atom. The topological polar surface area (TPSA) is 178 Å². The first-order valence-electron chi connectivity index (χ1n) is 13.2. The summed E-state index contributed by atoms with van der Waals surface area (Å²) in [6.07, 6.45) is 0.109. The van der Waals surface area contributed by atoms with Crippen molar-refractivity contribution in [1.29, 1.82) is 0 Å². The van der Waals surface area contributed by atoms with E-state index < -0.39 is 77.4 Å². The van der Waals surface area contributed by atoms with E-state index in [0.717, 1.165) is 5.56 Å². The number of hydrogen-bond donors (Lipinski definition) is 4. The first-order valence-corrected chi connectivity index (χ1v) is 13.2. The summed E-state index contributed by atoms with van der Waals surface area (Å²) in [4.78, 5) is 77.7. The van der Waals surface area contributed by atoms with Gasteiger partial charge in [-0.3, -0.25) is 28.8 Å². The molecular formula is C28H43N6O6Y-. The molecule has 1 radical (unpaired) electrons. The fourth-order valence-electron chi connectivity index (χ4n) is 3.68. The quantitative estimate of drug-likeness (QED) is 0.234. The molecule has 5 atom stereocenters. The maximum Gasteiger partial charge on any atom is 0.290 e. The van der Waals surface area contributed by atoms with Crippen LogP contribution in [-0.2, 0) is 61.5 Å². The van der Waals surface area contributed by atoms with E-state index >= 15 is 0 Å². The molecule has 0 aliphatic carbocycles. The number of nitrogens with one attached hydrogen (secondary N) is 5. The third-order valence-corrected chi connectivity index (χ3v) is 6.21. The standard InChI is InChI=1S/C28H43N6O6.Y/c1-9-19(18-13-11-10-12-14-18)31-26(39)22(36)17(3)30-25(38)20(15-21(35)34(7)8)32-27(40)23(28(4,5)6)33-24(37)16(2)29;/h10-14,16-17,19-20,23,29H,9,15H2,1-8H3,(H,30,38)(H,31,39)(H,32,40)(H,33,37);/q-1;/t16?,17?,19-,20+,23-;/m1./s1. The third-order valence-electron chi connectivity index (χ3n) is 6.21. The second kappa shape index (κ2) is 17.3. The molecule has 0 heterocycles. The van der Waals surface area contributed by atoms with Crippen LogP contribution in [0.15, 0.2) is 30.3 Å². The van der Waals surface area contributed by atoms with Crippen molar-refractivity contribution in [3.05, 3.63) is 41.6 Å². The van der Waals surface area contributed by atoms with Crippen LogP contribution in [0.4, 0.5) is 0 Å². The van der Waals surface area contributed by atoms with Crippen molar-refractivity contribution in [2.75, 3.05) is 14.1 Å². The molecule has 0 saturated carbocycles. The van der Waals surface area contributed by atoms with Gasteiger partial charge in [0.2, 0.25) is 29.4 Å². The first kappa shape index (κ1) is 38.3. The van der Waals surface area contributed by atoms with Gasteiger partial charge in [-0.2, -0.15) is 0 Å². The SMILES string of the molecule is CC[C@@H](NC(=O)C(=O)C(C)NC(=O)[C@H](CC(=O)N(C)C)NC(=O)[C@@H](NC(=O)C(C)[NH-])C(C)(C)C)c1ccccc1.[Y]. The van der Waals surface area contributed by atoms with Crippen molar-refractivity contribution in [2.45, 2.75) is 84.6 Å². The molecule has 12 nitrogen and oxygen atoms in total. The van der Waals surface area contributed by atoms with E-state index in [-0.39, 0.29) is 32.7 Å².